The van der Waals surface area contributed by atoms with Crippen LogP contribution in [0.5, 0.6) is 0 Å². The molecule has 6 atom stereocenters. The molecule has 2 aliphatic carbocycles. The summed E-state index contributed by atoms with van der Waals surface area (Å²) in [5, 5.41) is 9.99. The highest BCUT2D eigenvalue weighted by Crippen LogP contribution is 2.62. The highest BCUT2D eigenvalue weighted by atomic mass is 16.5. The predicted octanol–water partition coefficient (Wildman–Crippen LogP) is 7.98. The van der Waals surface area contributed by atoms with Gasteiger partial charge >= 0.3 is 0 Å². The van der Waals surface area contributed by atoms with Crippen LogP contribution in [0.3, 0.4) is 0 Å². The lowest BCUT2D eigenvalue weighted by atomic mass is 9.46. The molecule has 34 heavy (non-hydrogen) atoms. The number of fused-ring (bicyclic) bond motifs is 3. The number of aliphatic hydroxyl groups is 1. The lowest BCUT2D eigenvalue weighted by Gasteiger charge is -2.59. The van der Waals surface area contributed by atoms with Crippen molar-refractivity contribution in [3.63, 3.8) is 0 Å². The van der Waals surface area contributed by atoms with E-state index in [0.717, 1.165) is 6.42 Å². The van der Waals surface area contributed by atoms with Crippen molar-refractivity contribution in [2.45, 2.75) is 110 Å². The fourth-order valence-corrected chi connectivity index (χ4v) is 7.75. The molecule has 186 valence electrons. The summed E-state index contributed by atoms with van der Waals surface area (Å²) in [6, 6.07) is 17.9. The van der Waals surface area contributed by atoms with Crippen molar-refractivity contribution in [2.75, 3.05) is 0 Å². The Morgan fingerprint density at radius 2 is 1.65 bits per heavy atom. The maximum Gasteiger partial charge on any atom is 0.0861 e. The Morgan fingerprint density at radius 3 is 2.29 bits per heavy atom. The first-order valence-electron chi connectivity index (χ1n) is 13.6. The molecule has 0 bridgehead atoms. The molecule has 2 nitrogen and oxygen atoms in total. The van der Waals surface area contributed by atoms with Gasteiger partial charge in [0.25, 0.3) is 0 Å². The highest BCUT2D eigenvalue weighted by Gasteiger charge is 2.56. The van der Waals surface area contributed by atoms with Gasteiger partial charge in [-0.05, 0) is 96.8 Å². The Kier molecular flexibility index (Phi) is 7.32. The molecule has 0 saturated heterocycles. The highest BCUT2D eigenvalue weighted by molar-refractivity contribution is 5.46. The van der Waals surface area contributed by atoms with Crippen molar-refractivity contribution in [3.05, 3.63) is 70.8 Å². The molecule has 0 heterocycles. The quantitative estimate of drug-likeness (QED) is 0.452. The van der Waals surface area contributed by atoms with E-state index in [2.05, 4.69) is 90.1 Å². The van der Waals surface area contributed by atoms with E-state index in [1.165, 1.54) is 24.8 Å². The second kappa shape index (κ2) is 9.78. The maximum atomic E-state index is 9.99. The molecule has 1 saturated carbocycles. The third-order valence-electron chi connectivity index (χ3n) is 9.22. The summed E-state index contributed by atoms with van der Waals surface area (Å²) in [6.07, 6.45) is 5.19. The van der Waals surface area contributed by atoms with E-state index < -0.39 is 0 Å². The molecular formula is C32H46O2. The summed E-state index contributed by atoms with van der Waals surface area (Å²) in [4.78, 5) is 0. The fourth-order valence-electron chi connectivity index (χ4n) is 7.75. The molecule has 2 aliphatic rings. The van der Waals surface area contributed by atoms with E-state index in [1.54, 1.807) is 16.7 Å². The summed E-state index contributed by atoms with van der Waals surface area (Å²) in [7, 11) is 0. The Morgan fingerprint density at radius 1 is 0.941 bits per heavy atom. The zero-order valence-electron chi connectivity index (χ0n) is 22.5. The molecule has 1 N–H and O–H groups in total. The third kappa shape index (κ3) is 4.61. The molecule has 0 unspecified atom stereocenters. The topological polar surface area (TPSA) is 29.5 Å². The number of hydrogen-bond acceptors (Lipinski definition) is 2. The van der Waals surface area contributed by atoms with Crippen LogP contribution in [0.4, 0.5) is 0 Å². The number of rotatable bonds is 7. The minimum Gasteiger partial charge on any atom is -0.393 e. The average molecular weight is 463 g/mol. The van der Waals surface area contributed by atoms with E-state index in [4.69, 9.17) is 4.74 Å². The van der Waals surface area contributed by atoms with Gasteiger partial charge in [0, 0.05) is 0 Å². The molecule has 0 aliphatic heterocycles. The zero-order valence-corrected chi connectivity index (χ0v) is 22.5. The van der Waals surface area contributed by atoms with Gasteiger partial charge in [-0.2, -0.15) is 0 Å². The van der Waals surface area contributed by atoms with Crippen LogP contribution in [-0.2, 0) is 16.6 Å². The SMILES string of the molecule is CC(C)c1cccc2c1[C@@]1(C)CC[C@H]([C@@H](O[C@@H](C)C[C@H](C)O)c3ccccc3)C(C)(C)[C@@H]1CC2. The van der Waals surface area contributed by atoms with Gasteiger partial charge < -0.3 is 9.84 Å². The number of aryl methyl sites for hydroxylation is 1. The van der Waals surface area contributed by atoms with Gasteiger partial charge in [0.15, 0.2) is 0 Å². The van der Waals surface area contributed by atoms with E-state index in [1.807, 2.05) is 6.92 Å². The molecule has 0 spiro atoms. The normalized spacial score (nSPS) is 28.6. The van der Waals surface area contributed by atoms with Gasteiger partial charge in [-0.1, -0.05) is 83.1 Å². The zero-order chi connectivity index (χ0) is 24.7. The first kappa shape index (κ1) is 25.5. The lowest BCUT2D eigenvalue weighted by molar-refractivity contribution is -0.123. The average Bonchev–Trinajstić information content (AvgIpc) is 2.77. The third-order valence-corrected chi connectivity index (χ3v) is 9.22. The first-order valence-corrected chi connectivity index (χ1v) is 13.6. The lowest BCUT2D eigenvalue weighted by Crippen LogP contribution is -2.53. The monoisotopic (exact) mass is 462 g/mol. The Hall–Kier alpha value is -1.64. The van der Waals surface area contributed by atoms with Crippen LogP contribution in [0, 0.1) is 17.3 Å². The first-order chi connectivity index (χ1) is 16.1. The maximum absolute atomic E-state index is 9.99. The summed E-state index contributed by atoms with van der Waals surface area (Å²) < 4.78 is 6.81. The van der Waals surface area contributed by atoms with Gasteiger partial charge in [0.1, 0.15) is 0 Å². The second-order valence-electron chi connectivity index (χ2n) is 12.4. The number of hydrogen-bond donors (Lipinski definition) is 1. The molecule has 0 amide bonds. The van der Waals surface area contributed by atoms with Gasteiger partial charge in [-0.25, -0.2) is 0 Å². The minimum absolute atomic E-state index is 0.0222. The van der Waals surface area contributed by atoms with Crippen LogP contribution >= 0.6 is 0 Å². The van der Waals surface area contributed by atoms with E-state index in [0.29, 0.717) is 24.2 Å². The molecular weight excluding hydrogens is 416 g/mol. The van der Waals surface area contributed by atoms with Crippen LogP contribution in [0.2, 0.25) is 0 Å². The number of benzene rings is 2. The molecule has 2 heteroatoms. The Bertz CT molecular complexity index is 960. The smallest absolute Gasteiger partial charge is 0.0861 e. The van der Waals surface area contributed by atoms with Crippen molar-refractivity contribution in [1.82, 2.24) is 0 Å². The van der Waals surface area contributed by atoms with Crippen molar-refractivity contribution in [1.29, 1.82) is 0 Å². The largest absolute Gasteiger partial charge is 0.393 e. The Balaban J connectivity index is 1.72. The summed E-state index contributed by atoms with van der Waals surface area (Å²) in [5.74, 6) is 1.61. The summed E-state index contributed by atoms with van der Waals surface area (Å²) in [5.41, 5.74) is 6.43. The summed E-state index contributed by atoms with van der Waals surface area (Å²) >= 11 is 0. The number of ether oxygens (including phenoxy) is 1. The van der Waals surface area contributed by atoms with E-state index in [9.17, 15) is 5.11 Å². The van der Waals surface area contributed by atoms with Gasteiger partial charge in [0.2, 0.25) is 0 Å². The van der Waals surface area contributed by atoms with Gasteiger partial charge in [-0.3, -0.25) is 0 Å². The van der Waals surface area contributed by atoms with Crippen LogP contribution in [-0.4, -0.2) is 17.3 Å². The fraction of sp³-hybridized carbons (Fsp3) is 0.625. The predicted molar refractivity (Wildman–Crippen MR) is 142 cm³/mol. The van der Waals surface area contributed by atoms with E-state index in [-0.39, 0.29) is 29.1 Å². The van der Waals surface area contributed by atoms with Crippen LogP contribution < -0.4 is 0 Å². The van der Waals surface area contributed by atoms with Gasteiger partial charge in [0.05, 0.1) is 18.3 Å². The molecule has 0 aromatic heterocycles. The van der Waals surface area contributed by atoms with Crippen LogP contribution in [0.25, 0.3) is 0 Å². The Labute approximate surface area is 208 Å². The molecule has 2 aromatic rings. The number of aliphatic hydroxyl groups excluding tert-OH is 1. The van der Waals surface area contributed by atoms with Crippen molar-refractivity contribution in [3.8, 4) is 0 Å². The van der Waals surface area contributed by atoms with Crippen molar-refractivity contribution >= 4 is 0 Å². The van der Waals surface area contributed by atoms with Crippen molar-refractivity contribution in [2.24, 2.45) is 17.3 Å². The second-order valence-corrected chi connectivity index (χ2v) is 12.4. The standard InChI is InChI=1S/C32H46O2/c1-21(2)26-15-11-14-24-16-17-28-31(5,6)27(18-19-32(28,7)29(24)26)30(25-12-9-8-10-13-25)34-23(4)20-22(3)33/h8-15,21-23,27-28,30,33H,16-20H2,1-7H3/t22-,23-,27+,28-,30-,32-/m0/s1. The minimum atomic E-state index is -0.349. The summed E-state index contributed by atoms with van der Waals surface area (Å²) in [6.45, 7) is 16.3. The molecule has 2 aromatic carbocycles. The van der Waals surface area contributed by atoms with Crippen LogP contribution in [0.15, 0.2) is 48.5 Å². The molecule has 0 radical (unpaired) electrons. The molecule has 4 rings (SSSR count). The van der Waals surface area contributed by atoms with Crippen molar-refractivity contribution < 1.29 is 9.84 Å². The van der Waals surface area contributed by atoms with E-state index >= 15 is 0 Å². The van der Waals surface area contributed by atoms with Crippen LogP contribution in [0.1, 0.15) is 108 Å². The van der Waals surface area contributed by atoms with Gasteiger partial charge in [-0.15, -0.1) is 0 Å². The molecule has 1 fully saturated rings.